The third kappa shape index (κ3) is 2.81. The van der Waals surface area contributed by atoms with Crippen LogP contribution in [0.25, 0.3) is 0 Å². The maximum atomic E-state index is 11.9. The molecule has 0 radical (unpaired) electrons. The zero-order valence-corrected chi connectivity index (χ0v) is 12.7. The Morgan fingerprint density at radius 2 is 2.16 bits per heavy atom. The quantitative estimate of drug-likeness (QED) is 0.683. The van der Waals surface area contributed by atoms with Gasteiger partial charge in [0.15, 0.2) is 0 Å². The zero-order chi connectivity index (χ0) is 14.0. The number of furan rings is 1. The molecule has 1 aromatic heterocycles. The topological polar surface area (TPSA) is 51.5 Å². The van der Waals surface area contributed by atoms with Gasteiger partial charge in [-0.2, -0.15) is 0 Å². The van der Waals surface area contributed by atoms with Crippen LogP contribution >= 0.6 is 0 Å². The van der Waals surface area contributed by atoms with Gasteiger partial charge in [-0.15, -0.1) is 0 Å². The third-order valence-electron chi connectivity index (χ3n) is 3.06. The number of carbonyl (C=O) groups is 1. The summed E-state index contributed by atoms with van der Waals surface area (Å²) >= 11 is 0. The van der Waals surface area contributed by atoms with Crippen LogP contribution < -0.4 is 5.32 Å². The fraction of sp³-hybridized carbons (Fsp3) is 0.357. The van der Waals surface area contributed by atoms with E-state index in [2.05, 4.69) is 25.0 Å². The van der Waals surface area contributed by atoms with Gasteiger partial charge in [0.05, 0.1) is 27.7 Å². The van der Waals surface area contributed by atoms with Gasteiger partial charge >= 0.3 is 0 Å². The smallest absolute Gasteiger partial charge is 0.244 e. The molecule has 0 aromatic carbocycles. The molecule has 19 heavy (non-hydrogen) atoms. The highest BCUT2D eigenvalue weighted by Gasteiger charge is 2.34. The molecule has 0 fully saturated rings. The van der Waals surface area contributed by atoms with Crippen molar-refractivity contribution in [1.82, 2.24) is 5.32 Å². The Hall–Kier alpha value is -1.75. The number of amides is 1. The van der Waals surface area contributed by atoms with Crippen molar-refractivity contribution in [3.63, 3.8) is 0 Å². The van der Waals surface area contributed by atoms with Crippen LogP contribution in [0, 0.1) is 0 Å². The Labute approximate surface area is 114 Å². The molecule has 1 amide bonds. The molecule has 2 rings (SSSR count). The van der Waals surface area contributed by atoms with E-state index in [1.165, 1.54) is 0 Å². The van der Waals surface area contributed by atoms with Gasteiger partial charge in [0.2, 0.25) is 5.91 Å². The molecule has 0 spiro atoms. The summed E-state index contributed by atoms with van der Waals surface area (Å²) in [5.74, 6) is 0.646. The minimum atomic E-state index is -1.64. The molecular weight excluding hydrogens is 258 g/mol. The van der Waals surface area contributed by atoms with Crippen LogP contribution in [-0.4, -0.2) is 21.1 Å². The molecule has 0 bridgehead atoms. The molecule has 102 valence electrons. The molecule has 1 unspecified atom stereocenters. The summed E-state index contributed by atoms with van der Waals surface area (Å²) in [7, 11) is -0.0269. The van der Waals surface area contributed by atoms with Crippen molar-refractivity contribution in [3.05, 3.63) is 47.3 Å². The number of hydrogen-bond donors (Lipinski definition) is 1. The van der Waals surface area contributed by atoms with Crippen molar-refractivity contribution in [2.24, 2.45) is 0 Å². The highest BCUT2D eigenvalue weighted by atomic mass is 28.3. The second kappa shape index (κ2) is 5.09. The normalized spacial score (nSPS) is 22.1. The molecule has 1 aromatic rings. The van der Waals surface area contributed by atoms with Crippen LogP contribution in [0.2, 0.25) is 19.6 Å². The van der Waals surface area contributed by atoms with Crippen molar-refractivity contribution in [2.75, 3.05) is 7.11 Å². The number of hydrogen-bond acceptors (Lipinski definition) is 3. The van der Waals surface area contributed by atoms with Crippen molar-refractivity contribution < 1.29 is 13.9 Å². The van der Waals surface area contributed by atoms with Gasteiger partial charge in [-0.1, -0.05) is 19.6 Å². The van der Waals surface area contributed by atoms with Crippen molar-refractivity contribution >= 4 is 14.0 Å². The van der Waals surface area contributed by atoms with Gasteiger partial charge in [-0.05, 0) is 17.3 Å². The first-order valence-electron chi connectivity index (χ1n) is 6.23. The van der Waals surface area contributed by atoms with Crippen LogP contribution in [0.15, 0.2) is 45.9 Å². The molecule has 2 heterocycles. The van der Waals surface area contributed by atoms with E-state index in [0.717, 1.165) is 16.5 Å². The van der Waals surface area contributed by atoms with Crippen LogP contribution in [0.4, 0.5) is 0 Å². The van der Waals surface area contributed by atoms with E-state index in [-0.39, 0.29) is 11.9 Å². The Morgan fingerprint density at radius 1 is 1.42 bits per heavy atom. The molecule has 5 heteroatoms. The van der Waals surface area contributed by atoms with Gasteiger partial charge in [0.25, 0.3) is 0 Å². The van der Waals surface area contributed by atoms with Gasteiger partial charge in [-0.3, -0.25) is 4.79 Å². The summed E-state index contributed by atoms with van der Waals surface area (Å²) < 4.78 is 10.6. The predicted octanol–water partition coefficient (Wildman–Crippen LogP) is 2.78. The number of ether oxygens (including phenoxy) is 1. The third-order valence-corrected chi connectivity index (χ3v) is 5.11. The van der Waals surface area contributed by atoms with Crippen LogP contribution in [0.1, 0.15) is 11.8 Å². The molecular formula is C14H19NO3Si. The average molecular weight is 277 g/mol. The molecule has 4 nitrogen and oxygen atoms in total. The Balaban J connectivity index is 2.50. The zero-order valence-electron chi connectivity index (χ0n) is 11.7. The second-order valence-electron chi connectivity index (χ2n) is 5.57. The van der Waals surface area contributed by atoms with Crippen molar-refractivity contribution in [2.45, 2.75) is 25.7 Å². The minimum absolute atomic E-state index is 0.0768. The maximum absolute atomic E-state index is 11.9. The minimum Gasteiger partial charge on any atom is -0.504 e. The standard InChI is InChI=1S/C14H19NO3Si/c1-17-9-10-12(19(2,3)4)8-13(16)15-14(10)11-6-5-7-18-11/h5-9,14H,1-4H3,(H,15,16)/b10-9-. The number of methoxy groups -OCH3 is 1. The van der Waals surface area contributed by atoms with Crippen LogP contribution in [0.3, 0.4) is 0 Å². The molecule has 0 saturated carbocycles. The second-order valence-corrected chi connectivity index (χ2v) is 10.6. The summed E-state index contributed by atoms with van der Waals surface area (Å²) in [6.45, 7) is 6.63. The van der Waals surface area contributed by atoms with E-state index in [1.807, 2.05) is 12.1 Å². The van der Waals surface area contributed by atoms with Crippen LogP contribution in [-0.2, 0) is 9.53 Å². The monoisotopic (exact) mass is 277 g/mol. The summed E-state index contributed by atoms with van der Waals surface area (Å²) in [4.78, 5) is 11.9. The van der Waals surface area contributed by atoms with Crippen LogP contribution in [0.5, 0.6) is 0 Å². The van der Waals surface area contributed by atoms with Gasteiger partial charge in [0, 0.05) is 11.6 Å². The fourth-order valence-corrected chi connectivity index (χ4v) is 3.85. The number of nitrogens with one attached hydrogen (secondary N) is 1. The van der Waals surface area contributed by atoms with Gasteiger partial charge < -0.3 is 14.5 Å². The highest BCUT2D eigenvalue weighted by Crippen LogP contribution is 2.35. The highest BCUT2D eigenvalue weighted by molar-refractivity contribution is 6.84. The molecule has 0 aliphatic carbocycles. The lowest BCUT2D eigenvalue weighted by atomic mass is 10.0. The summed E-state index contributed by atoms with van der Waals surface area (Å²) in [6, 6.07) is 3.41. The number of rotatable bonds is 3. The largest absolute Gasteiger partial charge is 0.504 e. The summed E-state index contributed by atoms with van der Waals surface area (Å²) in [5.41, 5.74) is 0.983. The lowest BCUT2D eigenvalue weighted by molar-refractivity contribution is -0.117. The molecule has 1 aliphatic heterocycles. The Bertz CT molecular complexity index is 523. The molecule has 1 aliphatic rings. The Kier molecular flexibility index (Phi) is 3.66. The fourth-order valence-electron chi connectivity index (χ4n) is 2.22. The van der Waals surface area contributed by atoms with Gasteiger partial charge in [-0.25, -0.2) is 0 Å². The SMILES string of the molecule is CO/C=C1/C([Si](C)(C)C)=CC(=O)NC1c1ccco1. The first-order valence-corrected chi connectivity index (χ1v) is 9.73. The first kappa shape index (κ1) is 13.7. The first-order chi connectivity index (χ1) is 8.93. The number of carbonyl (C=O) groups excluding carboxylic acids is 1. The van der Waals surface area contributed by atoms with Crippen molar-refractivity contribution in [3.8, 4) is 0 Å². The lowest BCUT2D eigenvalue weighted by Crippen LogP contribution is -2.39. The maximum Gasteiger partial charge on any atom is 0.244 e. The van der Waals surface area contributed by atoms with E-state index < -0.39 is 8.07 Å². The lowest BCUT2D eigenvalue weighted by Gasteiger charge is -2.31. The van der Waals surface area contributed by atoms with E-state index in [1.54, 1.807) is 25.7 Å². The molecule has 1 N–H and O–H groups in total. The summed E-state index contributed by atoms with van der Waals surface area (Å²) in [6.07, 6.45) is 5.01. The van der Waals surface area contributed by atoms with Crippen molar-refractivity contribution in [1.29, 1.82) is 0 Å². The predicted molar refractivity (Wildman–Crippen MR) is 76.1 cm³/mol. The van der Waals surface area contributed by atoms with E-state index in [0.29, 0.717) is 0 Å². The van der Waals surface area contributed by atoms with E-state index in [9.17, 15) is 4.79 Å². The Morgan fingerprint density at radius 3 is 2.68 bits per heavy atom. The average Bonchev–Trinajstić information content (AvgIpc) is 2.83. The summed E-state index contributed by atoms with van der Waals surface area (Å²) in [5, 5.41) is 4.02. The van der Waals surface area contributed by atoms with Gasteiger partial charge in [0.1, 0.15) is 11.8 Å². The van der Waals surface area contributed by atoms with E-state index in [4.69, 9.17) is 9.15 Å². The molecule has 1 atom stereocenters. The molecule has 0 saturated heterocycles. The van der Waals surface area contributed by atoms with E-state index >= 15 is 0 Å².